The van der Waals surface area contributed by atoms with Crippen LogP contribution in [0.15, 0.2) is 42.7 Å². The molecule has 0 bridgehead atoms. The summed E-state index contributed by atoms with van der Waals surface area (Å²) in [5, 5.41) is 11.1. The number of hydrogen-bond donors (Lipinski definition) is 1. The molecule has 1 amide bonds. The Balaban J connectivity index is 1.44. The SMILES string of the molecule is COC1CC(c2cccc(N3Cc4c(cc(CNCCOC(F)F)cc4C(F)(F)F)C3=O)c2)(c2nncn2C)C1. The maximum atomic E-state index is 14.1. The van der Waals surface area contributed by atoms with E-state index >= 15 is 0 Å². The minimum atomic E-state index is -4.69. The first-order chi connectivity index (χ1) is 19.0. The van der Waals surface area contributed by atoms with Crippen LogP contribution in [0.3, 0.4) is 0 Å². The van der Waals surface area contributed by atoms with Gasteiger partial charge in [0.1, 0.15) is 12.2 Å². The number of halogens is 5. The summed E-state index contributed by atoms with van der Waals surface area (Å²) < 4.78 is 78.0. The molecule has 1 fully saturated rings. The Morgan fingerprint density at radius 2 is 1.98 bits per heavy atom. The molecule has 0 atom stereocenters. The summed E-state index contributed by atoms with van der Waals surface area (Å²) in [6, 6.07) is 9.64. The molecule has 8 nitrogen and oxygen atoms in total. The van der Waals surface area contributed by atoms with Gasteiger partial charge in [-0.15, -0.1) is 10.2 Å². The second kappa shape index (κ2) is 10.9. The van der Waals surface area contributed by atoms with Crippen molar-refractivity contribution in [3.05, 3.63) is 76.4 Å². The fourth-order valence-electron chi connectivity index (χ4n) is 5.60. The highest BCUT2D eigenvalue weighted by Gasteiger charge is 2.50. The average Bonchev–Trinajstić information content (AvgIpc) is 3.46. The number of anilines is 1. The summed E-state index contributed by atoms with van der Waals surface area (Å²) in [5.41, 5.74) is 0.0131. The molecule has 1 N–H and O–H groups in total. The summed E-state index contributed by atoms with van der Waals surface area (Å²) in [7, 11) is 3.49. The highest BCUT2D eigenvalue weighted by atomic mass is 19.4. The zero-order valence-electron chi connectivity index (χ0n) is 21.8. The van der Waals surface area contributed by atoms with E-state index in [0.29, 0.717) is 18.5 Å². The number of fused-ring (bicyclic) bond motifs is 1. The number of aromatic nitrogens is 3. The first-order valence-corrected chi connectivity index (χ1v) is 12.7. The van der Waals surface area contributed by atoms with Crippen molar-refractivity contribution in [1.29, 1.82) is 0 Å². The van der Waals surface area contributed by atoms with Crippen molar-refractivity contribution in [1.82, 2.24) is 20.1 Å². The Kier molecular flexibility index (Phi) is 7.64. The smallest absolute Gasteiger partial charge is 0.381 e. The van der Waals surface area contributed by atoms with Crippen LogP contribution in [0.2, 0.25) is 0 Å². The van der Waals surface area contributed by atoms with Crippen molar-refractivity contribution in [2.45, 2.75) is 50.2 Å². The van der Waals surface area contributed by atoms with Crippen LogP contribution < -0.4 is 10.2 Å². The molecule has 1 saturated carbocycles. The summed E-state index contributed by atoms with van der Waals surface area (Å²) in [5.74, 6) is 0.195. The number of benzene rings is 2. The second-order valence-corrected chi connectivity index (χ2v) is 10.0. The number of alkyl halides is 5. The molecule has 13 heteroatoms. The molecule has 0 spiro atoms. The average molecular weight is 566 g/mol. The quantitative estimate of drug-likeness (QED) is 0.290. The lowest BCUT2D eigenvalue weighted by Crippen LogP contribution is -2.48. The normalized spacial score (nSPS) is 20.8. The monoisotopic (exact) mass is 565 g/mol. The van der Waals surface area contributed by atoms with Crippen molar-refractivity contribution >= 4 is 11.6 Å². The molecule has 0 unspecified atom stereocenters. The standard InChI is InChI=1S/C27H28F5N5O3/c1-36-15-34-35-24(36)26(11-19(12-26)39-2)17-4-3-5-18(10-17)37-14-21-20(23(37)38)8-16(9-22(21)27(30,31)32)13-33-6-7-40-25(28)29/h3-5,8-10,15,19,25,33H,6-7,11-14H2,1-2H3. The number of carbonyl (C=O) groups excluding carboxylic acids is 1. The van der Waals surface area contributed by atoms with E-state index in [1.807, 2.05) is 23.7 Å². The van der Waals surface area contributed by atoms with E-state index in [1.54, 1.807) is 25.6 Å². The summed E-state index contributed by atoms with van der Waals surface area (Å²) in [6.07, 6.45) is -1.78. The first-order valence-electron chi connectivity index (χ1n) is 12.7. The van der Waals surface area contributed by atoms with Gasteiger partial charge in [-0.3, -0.25) is 4.79 Å². The number of aryl methyl sites for hydroxylation is 1. The number of nitrogens with one attached hydrogen (secondary N) is 1. The number of amides is 1. The van der Waals surface area contributed by atoms with Crippen molar-refractivity contribution < 1.29 is 36.2 Å². The van der Waals surface area contributed by atoms with E-state index in [2.05, 4.69) is 20.3 Å². The number of methoxy groups -OCH3 is 1. The Bertz CT molecular complexity index is 1390. The molecule has 2 aliphatic rings. The van der Waals surface area contributed by atoms with Gasteiger partial charge in [0.15, 0.2) is 0 Å². The number of nitrogens with zero attached hydrogens (tertiary/aromatic N) is 4. The minimum Gasteiger partial charge on any atom is -0.381 e. The van der Waals surface area contributed by atoms with Gasteiger partial charge < -0.3 is 24.3 Å². The van der Waals surface area contributed by atoms with Crippen molar-refractivity contribution in [3.63, 3.8) is 0 Å². The molecule has 1 aromatic heterocycles. The van der Waals surface area contributed by atoms with Crippen LogP contribution >= 0.6 is 0 Å². The van der Waals surface area contributed by atoms with Gasteiger partial charge in [-0.25, -0.2) is 0 Å². The van der Waals surface area contributed by atoms with Crippen molar-refractivity contribution in [2.75, 3.05) is 25.2 Å². The Morgan fingerprint density at radius 3 is 2.62 bits per heavy atom. The van der Waals surface area contributed by atoms with Gasteiger partial charge in [-0.05, 0) is 53.8 Å². The van der Waals surface area contributed by atoms with Gasteiger partial charge in [-0.2, -0.15) is 22.0 Å². The molecule has 1 aliphatic heterocycles. The van der Waals surface area contributed by atoms with Crippen LogP contribution in [0.1, 0.15) is 51.3 Å². The van der Waals surface area contributed by atoms with Gasteiger partial charge >= 0.3 is 12.8 Å². The Labute approximate surface area is 227 Å². The number of ether oxygens (including phenoxy) is 2. The van der Waals surface area contributed by atoms with Gasteiger partial charge in [-0.1, -0.05) is 12.1 Å². The highest BCUT2D eigenvalue weighted by molar-refractivity contribution is 6.10. The minimum absolute atomic E-state index is 0.00678. The van der Waals surface area contributed by atoms with E-state index in [9.17, 15) is 26.7 Å². The molecule has 0 radical (unpaired) electrons. The molecule has 2 aromatic carbocycles. The van der Waals surface area contributed by atoms with Crippen molar-refractivity contribution in [2.24, 2.45) is 7.05 Å². The van der Waals surface area contributed by atoms with E-state index in [0.717, 1.165) is 17.5 Å². The number of hydrogen-bond acceptors (Lipinski definition) is 6. The molecule has 40 heavy (non-hydrogen) atoms. The van der Waals surface area contributed by atoms with Crippen LogP contribution in [0, 0.1) is 0 Å². The molecule has 214 valence electrons. The third-order valence-electron chi connectivity index (χ3n) is 7.59. The molecule has 2 heterocycles. The van der Waals surface area contributed by atoms with Crippen molar-refractivity contribution in [3.8, 4) is 0 Å². The predicted octanol–water partition coefficient (Wildman–Crippen LogP) is 4.42. The van der Waals surface area contributed by atoms with Gasteiger partial charge in [0.25, 0.3) is 5.91 Å². The van der Waals surface area contributed by atoms with Crippen LogP contribution in [0.5, 0.6) is 0 Å². The lowest BCUT2D eigenvalue weighted by molar-refractivity contribution is -0.138. The van der Waals surface area contributed by atoms with Crippen LogP contribution in [0.4, 0.5) is 27.6 Å². The number of carbonyl (C=O) groups is 1. The van der Waals surface area contributed by atoms with Gasteiger partial charge in [0.2, 0.25) is 0 Å². The molecule has 0 saturated heterocycles. The topological polar surface area (TPSA) is 81.5 Å². The van der Waals surface area contributed by atoms with Crippen LogP contribution in [-0.4, -0.2) is 53.6 Å². The van der Waals surface area contributed by atoms with E-state index < -0.39 is 29.7 Å². The Hall–Kier alpha value is -3.42. The Morgan fingerprint density at radius 1 is 1.20 bits per heavy atom. The fraction of sp³-hybridized carbons (Fsp3) is 0.444. The van der Waals surface area contributed by atoms with E-state index in [1.165, 1.54) is 11.0 Å². The molecular weight excluding hydrogens is 537 g/mol. The summed E-state index contributed by atoms with van der Waals surface area (Å²) in [4.78, 5) is 14.8. The number of rotatable bonds is 10. The molecule has 3 aromatic rings. The third kappa shape index (κ3) is 5.20. The van der Waals surface area contributed by atoms with E-state index in [-0.39, 0.29) is 49.0 Å². The molecule has 1 aliphatic carbocycles. The van der Waals surface area contributed by atoms with Gasteiger partial charge in [0, 0.05) is 38.5 Å². The van der Waals surface area contributed by atoms with Gasteiger partial charge in [0.05, 0.1) is 30.2 Å². The summed E-state index contributed by atoms with van der Waals surface area (Å²) >= 11 is 0. The lowest BCUT2D eigenvalue weighted by Gasteiger charge is -2.46. The van der Waals surface area contributed by atoms with E-state index in [4.69, 9.17) is 4.74 Å². The zero-order valence-corrected chi connectivity index (χ0v) is 21.8. The zero-order chi connectivity index (χ0) is 28.7. The second-order valence-electron chi connectivity index (χ2n) is 10.0. The van der Waals surface area contributed by atoms with Crippen LogP contribution in [-0.2, 0) is 41.2 Å². The predicted molar refractivity (Wildman–Crippen MR) is 134 cm³/mol. The summed E-state index contributed by atoms with van der Waals surface area (Å²) in [6.45, 7) is -3.51. The first kappa shape index (κ1) is 28.1. The van der Waals surface area contributed by atoms with Crippen LogP contribution in [0.25, 0.3) is 0 Å². The largest absolute Gasteiger partial charge is 0.416 e. The molecule has 5 rings (SSSR count). The fourth-order valence-corrected chi connectivity index (χ4v) is 5.60. The highest BCUT2D eigenvalue weighted by Crippen LogP contribution is 2.50. The lowest BCUT2D eigenvalue weighted by atomic mass is 9.62. The maximum absolute atomic E-state index is 14.1. The third-order valence-corrected chi connectivity index (χ3v) is 7.59. The maximum Gasteiger partial charge on any atom is 0.416 e. The molecular formula is C27H28F5N5O3.